The van der Waals surface area contributed by atoms with Crippen molar-refractivity contribution in [1.82, 2.24) is 4.98 Å². The number of pyridine rings is 1. The first-order valence-electron chi connectivity index (χ1n) is 4.49. The number of rotatable bonds is 0. The van der Waals surface area contributed by atoms with E-state index in [2.05, 4.69) is 4.98 Å². The van der Waals surface area contributed by atoms with E-state index in [9.17, 15) is 13.6 Å². The van der Waals surface area contributed by atoms with Crippen molar-refractivity contribution >= 4 is 10.9 Å². The third kappa shape index (κ3) is 1.33. The van der Waals surface area contributed by atoms with Gasteiger partial charge in [0.05, 0.1) is 10.9 Å². The largest absolute Gasteiger partial charge is 0.356 e. The minimum atomic E-state index is -0.698. The van der Waals surface area contributed by atoms with Crippen LogP contribution in [0.2, 0.25) is 0 Å². The zero-order valence-electron chi connectivity index (χ0n) is 8.32. The molecule has 1 N–H and O–H groups in total. The lowest BCUT2D eigenvalue weighted by Gasteiger charge is -2.05. The van der Waals surface area contributed by atoms with Gasteiger partial charge in [-0.25, -0.2) is 8.78 Å². The van der Waals surface area contributed by atoms with Gasteiger partial charge in [0.15, 0.2) is 5.43 Å². The average Bonchev–Trinajstić information content (AvgIpc) is 2.20. The average molecular weight is 209 g/mol. The molecule has 0 unspecified atom stereocenters. The van der Waals surface area contributed by atoms with E-state index in [1.165, 1.54) is 0 Å². The molecular formula is C11H9F2NO. The Morgan fingerprint density at radius 1 is 1.13 bits per heavy atom. The van der Waals surface area contributed by atoms with Crippen LogP contribution in [-0.4, -0.2) is 4.98 Å². The molecule has 2 nitrogen and oxygen atoms in total. The van der Waals surface area contributed by atoms with Crippen LogP contribution in [0.15, 0.2) is 16.9 Å². The summed E-state index contributed by atoms with van der Waals surface area (Å²) in [7, 11) is 0. The second-order valence-electron chi connectivity index (χ2n) is 3.48. The van der Waals surface area contributed by atoms with E-state index in [1.54, 1.807) is 13.8 Å². The van der Waals surface area contributed by atoms with Crippen LogP contribution in [0, 0.1) is 25.5 Å². The first kappa shape index (κ1) is 9.83. The fraction of sp³-hybridized carbons (Fsp3) is 0.182. The number of benzene rings is 1. The molecule has 1 aromatic carbocycles. The predicted molar refractivity (Wildman–Crippen MR) is 54.0 cm³/mol. The first-order chi connectivity index (χ1) is 7.02. The standard InChI is InChI=1S/C11H9F2NO/c1-5-6(2)14-10-8(13)4-3-7(12)9(10)11(5)15/h3-4H,1-2H3,(H,14,15). The van der Waals surface area contributed by atoms with Gasteiger partial charge in [0.1, 0.15) is 11.6 Å². The number of aromatic amines is 1. The Bertz CT molecular complexity index is 602. The van der Waals surface area contributed by atoms with Gasteiger partial charge in [0.2, 0.25) is 0 Å². The second-order valence-corrected chi connectivity index (χ2v) is 3.48. The monoisotopic (exact) mass is 209 g/mol. The minimum absolute atomic E-state index is 0.0666. The number of halogens is 2. The van der Waals surface area contributed by atoms with E-state index in [4.69, 9.17) is 0 Å². The van der Waals surface area contributed by atoms with Gasteiger partial charge in [-0.05, 0) is 26.0 Å². The van der Waals surface area contributed by atoms with Crippen molar-refractivity contribution in [2.24, 2.45) is 0 Å². The highest BCUT2D eigenvalue weighted by atomic mass is 19.1. The zero-order chi connectivity index (χ0) is 11.2. The summed E-state index contributed by atoms with van der Waals surface area (Å²) in [5.41, 5.74) is 0.436. The minimum Gasteiger partial charge on any atom is -0.356 e. The van der Waals surface area contributed by atoms with E-state index in [0.29, 0.717) is 11.3 Å². The molecule has 0 aliphatic heterocycles. The zero-order valence-corrected chi connectivity index (χ0v) is 8.32. The second kappa shape index (κ2) is 3.15. The van der Waals surface area contributed by atoms with Crippen molar-refractivity contribution in [2.45, 2.75) is 13.8 Å². The Kier molecular flexibility index (Phi) is 2.07. The molecule has 0 aliphatic carbocycles. The Hall–Kier alpha value is -1.71. The third-order valence-electron chi connectivity index (χ3n) is 2.55. The van der Waals surface area contributed by atoms with Crippen molar-refractivity contribution in [1.29, 1.82) is 0 Å². The molecule has 0 saturated carbocycles. The fourth-order valence-corrected chi connectivity index (χ4v) is 1.54. The maximum Gasteiger partial charge on any atom is 0.195 e. The van der Waals surface area contributed by atoms with Gasteiger partial charge in [-0.1, -0.05) is 0 Å². The number of fused-ring (bicyclic) bond motifs is 1. The summed E-state index contributed by atoms with van der Waals surface area (Å²) in [6.07, 6.45) is 0. The quantitative estimate of drug-likeness (QED) is 0.710. The SMILES string of the molecule is Cc1[nH]c2c(F)ccc(F)c2c(=O)c1C. The van der Waals surface area contributed by atoms with Crippen LogP contribution < -0.4 is 5.43 Å². The predicted octanol–water partition coefficient (Wildman–Crippen LogP) is 2.42. The molecule has 15 heavy (non-hydrogen) atoms. The van der Waals surface area contributed by atoms with Gasteiger partial charge in [0, 0.05) is 11.3 Å². The molecule has 2 aromatic rings. The molecule has 0 bridgehead atoms. The van der Waals surface area contributed by atoms with Crippen LogP contribution in [0.3, 0.4) is 0 Å². The van der Waals surface area contributed by atoms with Crippen LogP contribution in [0.1, 0.15) is 11.3 Å². The summed E-state index contributed by atoms with van der Waals surface area (Å²) in [6.45, 7) is 3.23. The number of aromatic nitrogens is 1. The van der Waals surface area contributed by atoms with Gasteiger partial charge in [0.25, 0.3) is 0 Å². The van der Waals surface area contributed by atoms with E-state index in [0.717, 1.165) is 12.1 Å². The van der Waals surface area contributed by atoms with Crippen molar-refractivity contribution < 1.29 is 8.78 Å². The van der Waals surface area contributed by atoms with Gasteiger partial charge < -0.3 is 4.98 Å². The molecule has 1 aromatic heterocycles. The lowest BCUT2D eigenvalue weighted by atomic mass is 10.1. The molecule has 2 rings (SSSR count). The summed E-state index contributed by atoms with van der Waals surface area (Å²) in [5.74, 6) is -1.32. The normalized spacial score (nSPS) is 10.9. The molecule has 0 spiro atoms. The van der Waals surface area contributed by atoms with E-state index >= 15 is 0 Å². The summed E-state index contributed by atoms with van der Waals surface area (Å²) in [6, 6.07) is 1.96. The van der Waals surface area contributed by atoms with Crippen LogP contribution in [0.4, 0.5) is 8.78 Å². The fourth-order valence-electron chi connectivity index (χ4n) is 1.54. The molecule has 4 heteroatoms. The molecule has 0 radical (unpaired) electrons. The molecule has 78 valence electrons. The Balaban J connectivity index is 3.12. The van der Waals surface area contributed by atoms with Gasteiger partial charge in [-0.3, -0.25) is 4.79 Å². The summed E-state index contributed by atoms with van der Waals surface area (Å²) < 4.78 is 26.7. The van der Waals surface area contributed by atoms with E-state index in [-0.39, 0.29) is 10.9 Å². The number of hydrogen-bond donors (Lipinski definition) is 1. The van der Waals surface area contributed by atoms with Crippen molar-refractivity contribution in [3.63, 3.8) is 0 Å². The van der Waals surface area contributed by atoms with Gasteiger partial charge >= 0.3 is 0 Å². The smallest absolute Gasteiger partial charge is 0.195 e. The van der Waals surface area contributed by atoms with Crippen LogP contribution >= 0.6 is 0 Å². The third-order valence-corrected chi connectivity index (χ3v) is 2.55. The van der Waals surface area contributed by atoms with E-state index < -0.39 is 17.1 Å². The molecule has 0 atom stereocenters. The summed E-state index contributed by atoms with van der Waals surface area (Å²) >= 11 is 0. The molecule has 0 fully saturated rings. The highest BCUT2D eigenvalue weighted by Gasteiger charge is 2.12. The van der Waals surface area contributed by atoms with E-state index in [1.807, 2.05) is 0 Å². The van der Waals surface area contributed by atoms with Crippen LogP contribution in [-0.2, 0) is 0 Å². The number of H-pyrrole nitrogens is 1. The number of nitrogens with one attached hydrogen (secondary N) is 1. The molecule has 1 heterocycles. The van der Waals surface area contributed by atoms with Crippen LogP contribution in [0.25, 0.3) is 10.9 Å². The molecular weight excluding hydrogens is 200 g/mol. The lowest BCUT2D eigenvalue weighted by Crippen LogP contribution is -2.12. The van der Waals surface area contributed by atoms with Crippen molar-refractivity contribution in [2.75, 3.05) is 0 Å². The highest BCUT2D eigenvalue weighted by Crippen LogP contribution is 2.17. The highest BCUT2D eigenvalue weighted by molar-refractivity contribution is 5.80. The van der Waals surface area contributed by atoms with Crippen LogP contribution in [0.5, 0.6) is 0 Å². The maximum absolute atomic E-state index is 13.4. The van der Waals surface area contributed by atoms with Crippen molar-refractivity contribution in [3.05, 3.63) is 45.2 Å². The Morgan fingerprint density at radius 3 is 2.40 bits per heavy atom. The maximum atomic E-state index is 13.4. The lowest BCUT2D eigenvalue weighted by molar-refractivity contribution is 0.614. The molecule has 0 aliphatic rings. The number of hydrogen-bond acceptors (Lipinski definition) is 1. The summed E-state index contributed by atoms with van der Waals surface area (Å²) in [4.78, 5) is 14.4. The molecule has 0 saturated heterocycles. The van der Waals surface area contributed by atoms with Crippen molar-refractivity contribution in [3.8, 4) is 0 Å². The topological polar surface area (TPSA) is 32.9 Å². The molecule has 0 amide bonds. The number of aryl methyl sites for hydroxylation is 1. The summed E-state index contributed by atoms with van der Waals surface area (Å²) in [5, 5.41) is -0.210. The Morgan fingerprint density at radius 2 is 1.73 bits per heavy atom. The van der Waals surface area contributed by atoms with Gasteiger partial charge in [-0.2, -0.15) is 0 Å². The Labute approximate surface area is 84.6 Å². The van der Waals surface area contributed by atoms with Gasteiger partial charge in [-0.15, -0.1) is 0 Å². The first-order valence-corrected chi connectivity index (χ1v) is 4.49.